The van der Waals surface area contributed by atoms with E-state index in [1.165, 1.54) is 36.7 Å². The summed E-state index contributed by atoms with van der Waals surface area (Å²) in [4.78, 5) is 8.17. The Morgan fingerprint density at radius 3 is 1.43 bits per heavy atom. The minimum Gasteiger partial charge on any atom is -0.361 e. The topological polar surface area (TPSA) is 152 Å². The molecule has 2 aromatic rings. The Labute approximate surface area is 162 Å². The van der Waals surface area contributed by atoms with Crippen LogP contribution in [0.25, 0.3) is 0 Å². The lowest BCUT2D eigenvalue weighted by Gasteiger charge is -2.04. The van der Waals surface area contributed by atoms with Crippen molar-refractivity contribution in [2.24, 2.45) is 9.98 Å². The first-order valence-electron chi connectivity index (χ1n) is 7.65. The van der Waals surface area contributed by atoms with Crippen molar-refractivity contribution in [3.8, 4) is 11.5 Å². The van der Waals surface area contributed by atoms with Gasteiger partial charge in [-0.05, 0) is 24.3 Å². The Hall–Kier alpha value is -2.80. The minimum absolute atomic E-state index is 0.0754. The highest BCUT2D eigenvalue weighted by atomic mass is 32.3. The highest BCUT2D eigenvalue weighted by Crippen LogP contribution is 2.18. The second-order valence-electron chi connectivity index (χ2n) is 5.17. The van der Waals surface area contributed by atoms with Crippen LogP contribution in [-0.4, -0.2) is 51.5 Å². The maximum Gasteiger partial charge on any atom is 0.446 e. The number of benzene rings is 2. The molecule has 0 atom stereocenters. The highest BCUT2D eigenvalue weighted by molar-refractivity contribution is 7.81. The Bertz CT molecular complexity index is 992. The first-order valence-corrected chi connectivity index (χ1v) is 10.4. The molecule has 0 aliphatic heterocycles. The predicted octanol–water partition coefficient (Wildman–Crippen LogP) is 1.59. The molecule has 0 saturated carbocycles. The molecule has 12 heteroatoms. The summed E-state index contributed by atoms with van der Waals surface area (Å²) in [5.74, 6) is -0.151. The van der Waals surface area contributed by atoms with Crippen molar-refractivity contribution in [3.05, 3.63) is 59.7 Å². The van der Waals surface area contributed by atoms with E-state index in [9.17, 15) is 16.8 Å². The molecule has 0 fully saturated rings. The SMILES string of the molecule is O=S(=O)(O)Oc1ccccc1C=NCCN=Cc1ccccc1OS(=O)(=O)O. The van der Waals surface area contributed by atoms with Gasteiger partial charge in [0.1, 0.15) is 0 Å². The second kappa shape index (κ2) is 9.41. The zero-order chi connectivity index (χ0) is 20.6. The van der Waals surface area contributed by atoms with Gasteiger partial charge in [-0.15, -0.1) is 0 Å². The molecule has 0 saturated heterocycles. The van der Waals surface area contributed by atoms with Crippen molar-refractivity contribution in [3.63, 3.8) is 0 Å². The van der Waals surface area contributed by atoms with Gasteiger partial charge in [-0.3, -0.25) is 19.1 Å². The van der Waals surface area contributed by atoms with E-state index in [-0.39, 0.29) is 24.6 Å². The van der Waals surface area contributed by atoms with Crippen LogP contribution in [0.15, 0.2) is 58.5 Å². The molecule has 0 aromatic heterocycles. The van der Waals surface area contributed by atoms with Crippen molar-refractivity contribution in [2.45, 2.75) is 0 Å². The zero-order valence-corrected chi connectivity index (χ0v) is 15.9. The molecule has 28 heavy (non-hydrogen) atoms. The zero-order valence-electron chi connectivity index (χ0n) is 14.2. The van der Waals surface area contributed by atoms with E-state index >= 15 is 0 Å². The van der Waals surface area contributed by atoms with Crippen LogP contribution in [0.3, 0.4) is 0 Å². The van der Waals surface area contributed by atoms with Crippen molar-refractivity contribution in [1.82, 2.24) is 0 Å². The van der Waals surface area contributed by atoms with Crippen LogP contribution in [-0.2, 0) is 20.8 Å². The van der Waals surface area contributed by atoms with Gasteiger partial charge in [0, 0.05) is 23.6 Å². The number of para-hydroxylation sites is 2. The van der Waals surface area contributed by atoms with E-state index in [0.717, 1.165) is 0 Å². The van der Waals surface area contributed by atoms with Gasteiger partial charge in [0.2, 0.25) is 0 Å². The van der Waals surface area contributed by atoms with E-state index in [1.54, 1.807) is 24.3 Å². The third kappa shape index (κ3) is 7.84. The molecule has 0 radical (unpaired) electrons. The van der Waals surface area contributed by atoms with Crippen molar-refractivity contribution in [1.29, 1.82) is 0 Å². The summed E-state index contributed by atoms with van der Waals surface area (Å²) in [6.07, 6.45) is 2.73. The largest absolute Gasteiger partial charge is 0.446 e. The van der Waals surface area contributed by atoms with Gasteiger partial charge in [0.05, 0.1) is 13.1 Å². The summed E-state index contributed by atoms with van der Waals surface area (Å²) in [5, 5.41) is 0. The van der Waals surface area contributed by atoms with E-state index in [2.05, 4.69) is 18.4 Å². The molecule has 10 nitrogen and oxygen atoms in total. The third-order valence-corrected chi connectivity index (χ3v) is 3.83. The molecule has 0 heterocycles. The molecular formula is C16H16N2O8S2. The fourth-order valence-corrected chi connectivity index (χ4v) is 2.75. The van der Waals surface area contributed by atoms with E-state index in [4.69, 9.17) is 9.11 Å². The van der Waals surface area contributed by atoms with Crippen LogP contribution < -0.4 is 8.37 Å². The number of nitrogens with zero attached hydrogens (tertiary/aromatic N) is 2. The lowest BCUT2D eigenvalue weighted by atomic mass is 10.2. The predicted molar refractivity (Wildman–Crippen MR) is 102 cm³/mol. The van der Waals surface area contributed by atoms with E-state index < -0.39 is 20.8 Å². The lowest BCUT2D eigenvalue weighted by Crippen LogP contribution is -2.08. The summed E-state index contributed by atoms with van der Waals surface area (Å²) in [6.45, 7) is 0.468. The van der Waals surface area contributed by atoms with Gasteiger partial charge in [-0.25, -0.2) is 0 Å². The van der Waals surface area contributed by atoms with E-state index in [0.29, 0.717) is 11.1 Å². The maximum atomic E-state index is 10.8. The average Bonchev–Trinajstić information content (AvgIpc) is 2.58. The third-order valence-electron chi connectivity index (χ3n) is 3.05. The monoisotopic (exact) mass is 428 g/mol. The molecule has 0 aliphatic carbocycles. The first-order chi connectivity index (χ1) is 13.1. The van der Waals surface area contributed by atoms with Gasteiger partial charge < -0.3 is 8.37 Å². The van der Waals surface area contributed by atoms with Crippen LogP contribution in [0.5, 0.6) is 11.5 Å². The quantitative estimate of drug-likeness (QED) is 0.347. The van der Waals surface area contributed by atoms with Crippen LogP contribution >= 0.6 is 0 Å². The fraction of sp³-hybridized carbons (Fsp3) is 0.125. The van der Waals surface area contributed by atoms with Crippen molar-refractivity contribution >= 4 is 33.2 Å². The summed E-state index contributed by atoms with van der Waals surface area (Å²) in [5.41, 5.74) is 0.687. The second-order valence-corrected chi connectivity index (χ2v) is 7.21. The van der Waals surface area contributed by atoms with Gasteiger partial charge in [-0.1, -0.05) is 24.3 Å². The van der Waals surface area contributed by atoms with Gasteiger partial charge in [-0.2, -0.15) is 16.8 Å². The molecule has 150 valence electrons. The Kier molecular flexibility index (Phi) is 7.23. The van der Waals surface area contributed by atoms with Crippen LogP contribution in [0.4, 0.5) is 0 Å². The Balaban J connectivity index is 1.97. The molecule has 2 rings (SSSR count). The molecule has 0 bridgehead atoms. The number of aliphatic imine (C=N–C) groups is 2. The average molecular weight is 428 g/mol. The van der Waals surface area contributed by atoms with Crippen LogP contribution in [0.1, 0.15) is 11.1 Å². The Morgan fingerprint density at radius 2 is 1.07 bits per heavy atom. The van der Waals surface area contributed by atoms with Gasteiger partial charge >= 0.3 is 20.8 Å². The molecule has 2 aromatic carbocycles. The summed E-state index contributed by atoms with van der Waals surface area (Å²) in [6, 6.07) is 12.2. The molecule has 0 unspecified atom stereocenters. The standard InChI is InChI=1S/C16H16N2O8S2/c19-27(20,21)25-15-7-3-1-5-13(15)11-17-9-10-18-12-14-6-2-4-8-16(14)26-28(22,23)24/h1-8,11-12H,9-10H2,(H,19,20,21)(H,22,23,24). The Morgan fingerprint density at radius 1 is 0.714 bits per heavy atom. The first kappa shape index (κ1) is 21.5. The molecule has 0 amide bonds. The van der Waals surface area contributed by atoms with Crippen molar-refractivity contribution < 1.29 is 34.3 Å². The fourth-order valence-electron chi connectivity index (χ4n) is 1.99. The molecular weight excluding hydrogens is 412 g/mol. The highest BCUT2D eigenvalue weighted by Gasteiger charge is 2.10. The maximum absolute atomic E-state index is 10.8. The summed E-state index contributed by atoms with van der Waals surface area (Å²) >= 11 is 0. The minimum atomic E-state index is -4.64. The molecule has 0 aliphatic rings. The normalized spacial score (nSPS) is 12.5. The molecule has 0 spiro atoms. The van der Waals surface area contributed by atoms with E-state index in [1.807, 2.05) is 0 Å². The smallest absolute Gasteiger partial charge is 0.361 e. The van der Waals surface area contributed by atoms with Gasteiger partial charge in [0.15, 0.2) is 11.5 Å². The van der Waals surface area contributed by atoms with Crippen LogP contribution in [0.2, 0.25) is 0 Å². The summed E-state index contributed by atoms with van der Waals surface area (Å²) in [7, 11) is -9.29. The number of rotatable bonds is 9. The number of hydrogen-bond donors (Lipinski definition) is 2. The number of hydrogen-bond acceptors (Lipinski definition) is 8. The molecule has 2 N–H and O–H groups in total. The summed E-state index contributed by atoms with van der Waals surface area (Å²) < 4.78 is 69.7. The lowest BCUT2D eigenvalue weighted by molar-refractivity contribution is 0.384. The van der Waals surface area contributed by atoms with Crippen molar-refractivity contribution in [2.75, 3.05) is 13.1 Å². The van der Waals surface area contributed by atoms with Gasteiger partial charge in [0.25, 0.3) is 0 Å². The van der Waals surface area contributed by atoms with Crippen LogP contribution in [0, 0.1) is 0 Å².